The first-order chi connectivity index (χ1) is 12.1. The number of hydrogen-bond donors (Lipinski definition) is 1. The van der Waals surface area contributed by atoms with E-state index in [1.807, 2.05) is 0 Å². The number of rotatable bonds is 7. The van der Waals surface area contributed by atoms with Crippen LogP contribution in [0.5, 0.6) is 0 Å². The molecule has 1 saturated carbocycles. The summed E-state index contributed by atoms with van der Waals surface area (Å²) in [6.07, 6.45) is 4.81. The van der Waals surface area contributed by atoms with E-state index in [4.69, 9.17) is 4.74 Å². The average molecular weight is 365 g/mol. The molecule has 0 unspecified atom stereocenters. The number of amides is 1. The third kappa shape index (κ3) is 3.85. The molecule has 0 bridgehead atoms. The molecule has 2 aromatic heterocycles. The largest absolute Gasteiger partial charge is 0.385 e. The smallest absolute Gasteiger partial charge is 0.332 e. The summed E-state index contributed by atoms with van der Waals surface area (Å²) >= 11 is 1.29. The lowest BCUT2D eigenvalue weighted by molar-refractivity contribution is -0.122. The van der Waals surface area contributed by atoms with Gasteiger partial charge in [-0.1, -0.05) is 12.8 Å². The molecule has 25 heavy (non-hydrogen) atoms. The van der Waals surface area contributed by atoms with E-state index in [0.717, 1.165) is 25.7 Å². The Morgan fingerprint density at radius 3 is 2.80 bits per heavy atom. The van der Waals surface area contributed by atoms with Crippen molar-refractivity contribution in [3.63, 3.8) is 0 Å². The van der Waals surface area contributed by atoms with Crippen LogP contribution in [0.15, 0.2) is 21.0 Å². The molecule has 1 N–H and O–H groups in total. The molecule has 7 nitrogen and oxygen atoms in total. The van der Waals surface area contributed by atoms with Crippen LogP contribution < -0.4 is 16.6 Å². The monoisotopic (exact) mass is 365 g/mol. The summed E-state index contributed by atoms with van der Waals surface area (Å²) in [6, 6.07) is 1.93. The molecule has 136 valence electrons. The second-order valence-electron chi connectivity index (χ2n) is 6.36. The van der Waals surface area contributed by atoms with Gasteiger partial charge < -0.3 is 10.1 Å². The van der Waals surface area contributed by atoms with Crippen LogP contribution in [0.4, 0.5) is 0 Å². The zero-order valence-electron chi connectivity index (χ0n) is 14.3. The second-order valence-corrected chi connectivity index (χ2v) is 7.27. The first kappa shape index (κ1) is 17.9. The summed E-state index contributed by atoms with van der Waals surface area (Å²) in [5.74, 6) is -0.177. The number of thiophene rings is 1. The molecule has 2 aromatic rings. The van der Waals surface area contributed by atoms with Gasteiger partial charge in [0.2, 0.25) is 5.91 Å². The Labute approximate surface area is 149 Å². The van der Waals surface area contributed by atoms with Crippen molar-refractivity contribution in [1.29, 1.82) is 0 Å². The third-order valence-corrected chi connectivity index (χ3v) is 5.48. The zero-order chi connectivity index (χ0) is 17.8. The molecule has 0 spiro atoms. The number of carbonyl (C=O) groups is 1. The van der Waals surface area contributed by atoms with Crippen LogP contribution in [0.25, 0.3) is 10.2 Å². The van der Waals surface area contributed by atoms with Crippen molar-refractivity contribution in [2.75, 3.05) is 13.7 Å². The van der Waals surface area contributed by atoms with Crippen LogP contribution in [0.1, 0.15) is 32.1 Å². The minimum atomic E-state index is -0.437. The van der Waals surface area contributed by atoms with E-state index >= 15 is 0 Å². The minimum Gasteiger partial charge on any atom is -0.385 e. The van der Waals surface area contributed by atoms with E-state index in [-0.39, 0.29) is 30.6 Å². The Morgan fingerprint density at radius 2 is 2.08 bits per heavy atom. The lowest BCUT2D eigenvalue weighted by atomic mass is 10.2. The molecular weight excluding hydrogens is 342 g/mol. The number of methoxy groups -OCH3 is 1. The van der Waals surface area contributed by atoms with E-state index in [0.29, 0.717) is 23.2 Å². The minimum absolute atomic E-state index is 0.0624. The quantitative estimate of drug-likeness (QED) is 0.750. The van der Waals surface area contributed by atoms with Gasteiger partial charge in [0.25, 0.3) is 5.56 Å². The van der Waals surface area contributed by atoms with E-state index in [1.54, 1.807) is 18.6 Å². The van der Waals surface area contributed by atoms with Gasteiger partial charge in [-0.2, -0.15) is 0 Å². The molecule has 0 atom stereocenters. The first-order valence-electron chi connectivity index (χ1n) is 8.61. The number of nitrogens with one attached hydrogen (secondary N) is 1. The van der Waals surface area contributed by atoms with Crippen molar-refractivity contribution in [2.45, 2.75) is 51.2 Å². The summed E-state index contributed by atoms with van der Waals surface area (Å²) in [6.45, 7) is 0.688. The van der Waals surface area contributed by atoms with Crippen molar-refractivity contribution in [3.05, 3.63) is 32.3 Å². The third-order valence-electron chi connectivity index (χ3n) is 4.59. The van der Waals surface area contributed by atoms with Crippen LogP contribution >= 0.6 is 11.3 Å². The predicted molar refractivity (Wildman–Crippen MR) is 97.2 cm³/mol. The fourth-order valence-electron chi connectivity index (χ4n) is 3.34. The lowest BCUT2D eigenvalue weighted by Crippen LogP contribution is -2.43. The van der Waals surface area contributed by atoms with E-state index in [1.165, 1.54) is 20.5 Å². The highest BCUT2D eigenvalue weighted by Crippen LogP contribution is 2.18. The van der Waals surface area contributed by atoms with E-state index < -0.39 is 5.69 Å². The van der Waals surface area contributed by atoms with Crippen molar-refractivity contribution < 1.29 is 9.53 Å². The summed E-state index contributed by atoms with van der Waals surface area (Å²) < 4.78 is 8.12. The molecule has 3 rings (SSSR count). The Hall–Kier alpha value is -1.93. The lowest BCUT2D eigenvalue weighted by Gasteiger charge is -2.15. The normalized spacial score (nSPS) is 15.1. The van der Waals surface area contributed by atoms with Crippen molar-refractivity contribution in [2.24, 2.45) is 0 Å². The number of aromatic nitrogens is 2. The van der Waals surface area contributed by atoms with E-state index in [2.05, 4.69) is 5.32 Å². The van der Waals surface area contributed by atoms with Crippen LogP contribution in [0.2, 0.25) is 0 Å². The highest BCUT2D eigenvalue weighted by molar-refractivity contribution is 7.17. The van der Waals surface area contributed by atoms with Crippen molar-refractivity contribution in [3.8, 4) is 0 Å². The first-order valence-corrected chi connectivity index (χ1v) is 9.49. The molecule has 1 aliphatic rings. The van der Waals surface area contributed by atoms with Gasteiger partial charge in [0, 0.05) is 26.3 Å². The molecular formula is C17H23N3O4S. The summed E-state index contributed by atoms with van der Waals surface area (Å²) in [5, 5.41) is 4.77. The molecule has 8 heteroatoms. The fraction of sp³-hybridized carbons (Fsp3) is 0.588. The topological polar surface area (TPSA) is 82.3 Å². The van der Waals surface area contributed by atoms with Crippen molar-refractivity contribution in [1.82, 2.24) is 14.5 Å². The van der Waals surface area contributed by atoms with Gasteiger partial charge in [0.15, 0.2) is 0 Å². The van der Waals surface area contributed by atoms with Gasteiger partial charge in [0.1, 0.15) is 11.2 Å². The second kappa shape index (κ2) is 7.97. The highest BCUT2D eigenvalue weighted by atomic mass is 32.1. The summed E-state index contributed by atoms with van der Waals surface area (Å²) in [7, 11) is 1.58. The average Bonchev–Trinajstić information content (AvgIpc) is 3.26. The van der Waals surface area contributed by atoms with Gasteiger partial charge in [-0.25, -0.2) is 4.79 Å². The Bertz CT molecular complexity index is 861. The van der Waals surface area contributed by atoms with Crippen molar-refractivity contribution >= 4 is 27.5 Å². The maximum atomic E-state index is 12.8. The van der Waals surface area contributed by atoms with Gasteiger partial charge >= 0.3 is 5.69 Å². The Balaban J connectivity index is 1.90. The molecule has 2 heterocycles. The van der Waals surface area contributed by atoms with Crippen LogP contribution in [-0.2, 0) is 22.6 Å². The number of carbonyl (C=O) groups excluding carboxylic acids is 1. The SMILES string of the molecule is COCCCn1c(=O)c2sccc2n(CC(=O)NC2CCCC2)c1=O. The van der Waals surface area contributed by atoms with Gasteiger partial charge in [-0.3, -0.25) is 18.7 Å². The Kier molecular flexibility index (Phi) is 5.70. The molecule has 0 saturated heterocycles. The number of nitrogens with zero attached hydrogens (tertiary/aromatic N) is 2. The van der Waals surface area contributed by atoms with Gasteiger partial charge in [-0.15, -0.1) is 11.3 Å². The van der Waals surface area contributed by atoms with Gasteiger partial charge in [-0.05, 0) is 30.7 Å². The maximum absolute atomic E-state index is 12.8. The predicted octanol–water partition coefficient (Wildman–Crippen LogP) is 1.32. The van der Waals surface area contributed by atoms with E-state index in [9.17, 15) is 14.4 Å². The standard InChI is InChI=1S/C17H23N3O4S/c1-24-9-4-8-19-16(22)15-13(7-10-25-15)20(17(19)23)11-14(21)18-12-5-2-3-6-12/h7,10,12H,2-6,8-9,11H2,1H3,(H,18,21). The maximum Gasteiger partial charge on any atom is 0.332 e. The highest BCUT2D eigenvalue weighted by Gasteiger charge is 2.20. The molecule has 0 aromatic carbocycles. The van der Waals surface area contributed by atoms with Crippen LogP contribution in [0, 0.1) is 0 Å². The van der Waals surface area contributed by atoms with Gasteiger partial charge in [0.05, 0.1) is 5.52 Å². The molecule has 1 amide bonds. The number of ether oxygens (including phenoxy) is 1. The number of hydrogen-bond acceptors (Lipinski definition) is 5. The van der Waals surface area contributed by atoms with Crippen LogP contribution in [-0.4, -0.2) is 34.8 Å². The number of fused-ring (bicyclic) bond motifs is 1. The molecule has 0 radical (unpaired) electrons. The molecule has 1 fully saturated rings. The fourth-order valence-corrected chi connectivity index (χ4v) is 4.18. The van der Waals surface area contributed by atoms with Crippen LogP contribution in [0.3, 0.4) is 0 Å². The Morgan fingerprint density at radius 1 is 1.32 bits per heavy atom. The molecule has 1 aliphatic carbocycles. The summed E-state index contributed by atoms with van der Waals surface area (Å²) in [4.78, 5) is 37.7. The summed E-state index contributed by atoms with van der Waals surface area (Å²) in [5.41, 5.74) is -0.198. The molecule has 0 aliphatic heterocycles. The zero-order valence-corrected chi connectivity index (χ0v) is 15.1.